The maximum atomic E-state index is 13.5. The van der Waals surface area contributed by atoms with Crippen LogP contribution < -0.4 is 5.32 Å². The van der Waals surface area contributed by atoms with E-state index in [1.165, 1.54) is 28.6 Å². The third-order valence-corrected chi connectivity index (χ3v) is 7.83. The first kappa shape index (κ1) is 23.8. The van der Waals surface area contributed by atoms with Gasteiger partial charge in [-0.2, -0.15) is 4.31 Å². The standard InChI is InChI=1S/C25H26FN3O4S/c1-17-5-7-19(8-6-17)9-14-23-24(18(2)28-33-23)34(31,32)29-15-3-4-20(16-29)25(30)27-22-12-10-21(26)11-13-22/h5-14,20H,3-4,15-16H2,1-2H3,(H,27,30). The number of aromatic nitrogens is 1. The lowest BCUT2D eigenvalue weighted by Gasteiger charge is -2.31. The van der Waals surface area contributed by atoms with Gasteiger partial charge in [-0.15, -0.1) is 0 Å². The van der Waals surface area contributed by atoms with Crippen molar-refractivity contribution in [3.63, 3.8) is 0 Å². The quantitative estimate of drug-likeness (QED) is 0.551. The average Bonchev–Trinajstić information content (AvgIpc) is 3.21. The second-order valence-corrected chi connectivity index (χ2v) is 10.3. The Balaban J connectivity index is 1.52. The smallest absolute Gasteiger partial charge is 0.248 e. The van der Waals surface area contributed by atoms with E-state index in [9.17, 15) is 17.6 Å². The Kier molecular flexibility index (Phi) is 6.95. The van der Waals surface area contributed by atoms with E-state index in [0.717, 1.165) is 11.1 Å². The van der Waals surface area contributed by atoms with Gasteiger partial charge >= 0.3 is 0 Å². The highest BCUT2D eigenvalue weighted by Crippen LogP contribution is 2.29. The van der Waals surface area contributed by atoms with E-state index >= 15 is 0 Å². The van der Waals surface area contributed by atoms with Gasteiger partial charge in [0.2, 0.25) is 15.9 Å². The zero-order valence-electron chi connectivity index (χ0n) is 19.0. The number of hydrogen-bond acceptors (Lipinski definition) is 5. The molecule has 34 heavy (non-hydrogen) atoms. The summed E-state index contributed by atoms with van der Waals surface area (Å²) in [6.45, 7) is 3.92. The average molecular weight is 484 g/mol. The topological polar surface area (TPSA) is 92.5 Å². The monoisotopic (exact) mass is 483 g/mol. The fourth-order valence-corrected chi connectivity index (χ4v) is 5.70. The molecule has 1 N–H and O–H groups in total. The molecular formula is C25H26FN3O4S. The Hall–Kier alpha value is -3.30. The summed E-state index contributed by atoms with van der Waals surface area (Å²) < 4.78 is 46.8. The number of carbonyl (C=O) groups is 1. The van der Waals surface area contributed by atoms with E-state index < -0.39 is 21.8 Å². The molecule has 1 fully saturated rings. The molecule has 7 nitrogen and oxygen atoms in total. The van der Waals surface area contributed by atoms with Crippen molar-refractivity contribution < 1.29 is 22.1 Å². The van der Waals surface area contributed by atoms with Crippen LogP contribution in [0.5, 0.6) is 0 Å². The lowest BCUT2D eigenvalue weighted by atomic mass is 9.99. The Bertz CT molecular complexity index is 1300. The SMILES string of the molecule is Cc1ccc(C=Cc2onc(C)c2S(=O)(=O)N2CCCC(C(=O)Nc3ccc(F)cc3)C2)cc1. The molecule has 2 aromatic carbocycles. The lowest BCUT2D eigenvalue weighted by molar-refractivity contribution is -0.120. The molecular weight excluding hydrogens is 457 g/mol. The predicted molar refractivity (Wildman–Crippen MR) is 128 cm³/mol. The second-order valence-electron chi connectivity index (χ2n) is 8.40. The number of carbonyl (C=O) groups excluding carboxylic acids is 1. The van der Waals surface area contributed by atoms with E-state index in [2.05, 4.69) is 10.5 Å². The molecule has 1 atom stereocenters. The molecule has 1 aliphatic rings. The van der Waals surface area contributed by atoms with Crippen LogP contribution in [0.1, 0.15) is 35.4 Å². The molecule has 1 aromatic heterocycles. The van der Waals surface area contributed by atoms with Crippen LogP contribution in [-0.2, 0) is 14.8 Å². The first-order valence-electron chi connectivity index (χ1n) is 11.0. The van der Waals surface area contributed by atoms with Crippen LogP contribution in [0.4, 0.5) is 10.1 Å². The van der Waals surface area contributed by atoms with Crippen LogP contribution in [-0.4, -0.2) is 36.9 Å². The number of hydrogen-bond donors (Lipinski definition) is 1. The summed E-state index contributed by atoms with van der Waals surface area (Å²) in [5, 5.41) is 6.62. The van der Waals surface area contributed by atoms with Crippen molar-refractivity contribution in [1.29, 1.82) is 0 Å². The minimum absolute atomic E-state index is 0.00968. The van der Waals surface area contributed by atoms with Crippen molar-refractivity contribution >= 4 is 33.8 Å². The molecule has 9 heteroatoms. The summed E-state index contributed by atoms with van der Waals surface area (Å²) in [5.41, 5.74) is 2.75. The Morgan fingerprint density at radius 2 is 1.82 bits per heavy atom. The van der Waals surface area contributed by atoms with Crippen LogP contribution in [0.3, 0.4) is 0 Å². The van der Waals surface area contributed by atoms with Gasteiger partial charge in [0.25, 0.3) is 0 Å². The first-order chi connectivity index (χ1) is 16.2. The Morgan fingerprint density at radius 3 is 2.53 bits per heavy atom. The van der Waals surface area contributed by atoms with Crippen LogP contribution >= 0.6 is 0 Å². The van der Waals surface area contributed by atoms with Gasteiger partial charge < -0.3 is 9.84 Å². The molecule has 0 bridgehead atoms. The second kappa shape index (κ2) is 9.90. The van der Waals surface area contributed by atoms with Gasteiger partial charge in [-0.05, 0) is 62.6 Å². The van der Waals surface area contributed by atoms with Crippen molar-refractivity contribution in [2.75, 3.05) is 18.4 Å². The number of nitrogens with zero attached hydrogens (tertiary/aromatic N) is 2. The first-order valence-corrected chi connectivity index (χ1v) is 12.5. The summed E-state index contributed by atoms with van der Waals surface area (Å²) in [6.07, 6.45) is 4.47. The van der Waals surface area contributed by atoms with E-state index in [1.54, 1.807) is 19.1 Å². The molecule has 0 spiro atoms. The molecule has 2 heterocycles. The summed E-state index contributed by atoms with van der Waals surface area (Å²) in [6, 6.07) is 13.2. The number of benzene rings is 2. The maximum absolute atomic E-state index is 13.5. The zero-order chi connectivity index (χ0) is 24.3. The Morgan fingerprint density at radius 1 is 1.12 bits per heavy atom. The van der Waals surface area contributed by atoms with Crippen LogP contribution in [0, 0.1) is 25.6 Å². The summed E-state index contributed by atoms with van der Waals surface area (Å²) in [5.74, 6) is -1.08. The summed E-state index contributed by atoms with van der Waals surface area (Å²) in [4.78, 5) is 12.8. The largest absolute Gasteiger partial charge is 0.355 e. The van der Waals surface area contributed by atoms with E-state index in [1.807, 2.05) is 31.2 Å². The van der Waals surface area contributed by atoms with Crippen molar-refractivity contribution in [1.82, 2.24) is 9.46 Å². The highest BCUT2D eigenvalue weighted by molar-refractivity contribution is 7.89. The molecule has 1 aliphatic heterocycles. The molecule has 178 valence electrons. The number of anilines is 1. The zero-order valence-corrected chi connectivity index (χ0v) is 19.8. The fraction of sp³-hybridized carbons (Fsp3) is 0.280. The predicted octanol–water partition coefficient (Wildman–Crippen LogP) is 4.64. The number of rotatable bonds is 6. The summed E-state index contributed by atoms with van der Waals surface area (Å²) >= 11 is 0. The van der Waals surface area contributed by atoms with E-state index in [-0.39, 0.29) is 28.8 Å². The number of piperidine rings is 1. The van der Waals surface area contributed by atoms with E-state index in [0.29, 0.717) is 25.1 Å². The Labute approximate surface area is 198 Å². The van der Waals surface area contributed by atoms with Crippen molar-refractivity contribution in [3.8, 4) is 0 Å². The highest BCUT2D eigenvalue weighted by Gasteiger charge is 2.37. The number of sulfonamides is 1. The minimum Gasteiger partial charge on any atom is -0.355 e. The molecule has 4 rings (SSSR count). The third kappa shape index (κ3) is 5.26. The van der Waals surface area contributed by atoms with Gasteiger partial charge in [0, 0.05) is 18.8 Å². The molecule has 0 radical (unpaired) electrons. The van der Waals surface area contributed by atoms with Gasteiger partial charge in [0.15, 0.2) is 10.7 Å². The maximum Gasteiger partial charge on any atom is 0.248 e. The van der Waals surface area contributed by atoms with Gasteiger partial charge in [-0.3, -0.25) is 4.79 Å². The highest BCUT2D eigenvalue weighted by atomic mass is 32.2. The molecule has 1 amide bonds. The molecule has 0 aliphatic carbocycles. The molecule has 1 unspecified atom stereocenters. The lowest BCUT2D eigenvalue weighted by Crippen LogP contribution is -2.43. The fourth-order valence-electron chi connectivity index (χ4n) is 3.93. The van der Waals surface area contributed by atoms with Gasteiger partial charge in [-0.25, -0.2) is 12.8 Å². The van der Waals surface area contributed by atoms with Gasteiger partial charge in [0.05, 0.1) is 5.92 Å². The summed E-state index contributed by atoms with van der Waals surface area (Å²) in [7, 11) is -3.94. The van der Waals surface area contributed by atoms with Crippen molar-refractivity contribution in [2.45, 2.75) is 31.6 Å². The van der Waals surface area contributed by atoms with Gasteiger partial charge in [0.1, 0.15) is 11.5 Å². The number of aryl methyl sites for hydroxylation is 2. The van der Waals surface area contributed by atoms with Crippen LogP contribution in [0.25, 0.3) is 12.2 Å². The number of nitrogens with one attached hydrogen (secondary N) is 1. The van der Waals surface area contributed by atoms with E-state index in [4.69, 9.17) is 4.52 Å². The van der Waals surface area contributed by atoms with Crippen LogP contribution in [0.15, 0.2) is 57.9 Å². The number of halogens is 1. The molecule has 0 saturated carbocycles. The van der Waals surface area contributed by atoms with Gasteiger partial charge in [-0.1, -0.05) is 41.1 Å². The minimum atomic E-state index is -3.94. The molecule has 3 aromatic rings. The molecule has 1 saturated heterocycles. The van der Waals surface area contributed by atoms with Crippen LogP contribution in [0.2, 0.25) is 0 Å². The van der Waals surface area contributed by atoms with Crippen molar-refractivity contribution in [2.24, 2.45) is 5.92 Å². The number of amides is 1. The normalized spacial score (nSPS) is 17.2. The van der Waals surface area contributed by atoms with Crippen molar-refractivity contribution in [3.05, 3.63) is 76.9 Å². The third-order valence-electron chi connectivity index (χ3n) is 5.80.